The second kappa shape index (κ2) is 5.90. The molecular formula is C19H32O3. The van der Waals surface area contributed by atoms with Gasteiger partial charge in [0, 0.05) is 12.5 Å². The molecular weight excluding hydrogens is 276 g/mol. The van der Waals surface area contributed by atoms with Crippen molar-refractivity contribution in [3.8, 4) is 0 Å². The Hall–Kier alpha value is -0.410. The van der Waals surface area contributed by atoms with E-state index >= 15 is 0 Å². The molecule has 0 radical (unpaired) electrons. The summed E-state index contributed by atoms with van der Waals surface area (Å²) in [5.74, 6) is 1.46. The van der Waals surface area contributed by atoms with E-state index in [1.807, 2.05) is 0 Å². The van der Waals surface area contributed by atoms with Gasteiger partial charge in [-0.3, -0.25) is 0 Å². The number of aliphatic hydroxyl groups is 2. The van der Waals surface area contributed by atoms with E-state index in [1.54, 1.807) is 0 Å². The van der Waals surface area contributed by atoms with E-state index in [0.29, 0.717) is 24.2 Å². The van der Waals surface area contributed by atoms with Gasteiger partial charge in [0.05, 0.1) is 6.10 Å². The lowest BCUT2D eigenvalue weighted by Crippen LogP contribution is -2.54. The highest BCUT2D eigenvalue weighted by Crippen LogP contribution is 2.63. The summed E-state index contributed by atoms with van der Waals surface area (Å²) in [6, 6.07) is 0. The maximum Gasteiger partial charge on any atom is 0.123 e. The molecule has 3 aliphatic rings. The minimum atomic E-state index is -0.317. The fraction of sp³-hybridized carbons (Fsp3) is 0.947. The van der Waals surface area contributed by atoms with Crippen molar-refractivity contribution in [1.29, 1.82) is 0 Å². The molecule has 3 nitrogen and oxygen atoms in total. The molecule has 0 aliphatic heterocycles. The summed E-state index contributed by atoms with van der Waals surface area (Å²) in [6.07, 6.45) is 9.10. The van der Waals surface area contributed by atoms with Crippen molar-refractivity contribution in [2.75, 3.05) is 6.61 Å². The van der Waals surface area contributed by atoms with Gasteiger partial charge in [-0.15, -0.1) is 0 Å². The summed E-state index contributed by atoms with van der Waals surface area (Å²) in [4.78, 5) is 11.2. The third-order valence-corrected chi connectivity index (χ3v) is 7.69. The smallest absolute Gasteiger partial charge is 0.123 e. The van der Waals surface area contributed by atoms with E-state index in [2.05, 4.69) is 13.8 Å². The average Bonchev–Trinajstić information content (AvgIpc) is 2.67. The van der Waals surface area contributed by atoms with Gasteiger partial charge in [0.15, 0.2) is 0 Å². The van der Waals surface area contributed by atoms with E-state index in [1.165, 1.54) is 12.8 Å². The predicted octanol–water partition coefficient (Wildman–Crippen LogP) is 3.18. The van der Waals surface area contributed by atoms with Crippen LogP contribution in [0, 0.1) is 34.5 Å². The van der Waals surface area contributed by atoms with Crippen LogP contribution in [0.5, 0.6) is 0 Å². The minimum absolute atomic E-state index is 0.0375. The molecule has 0 heterocycles. The molecule has 126 valence electrons. The lowest BCUT2D eigenvalue weighted by atomic mass is 9.45. The van der Waals surface area contributed by atoms with Crippen LogP contribution in [0.1, 0.15) is 65.2 Å². The van der Waals surface area contributed by atoms with Gasteiger partial charge in [0.25, 0.3) is 0 Å². The number of aliphatic hydroxyl groups excluding tert-OH is 2. The van der Waals surface area contributed by atoms with Gasteiger partial charge < -0.3 is 15.0 Å². The number of carbonyl (C=O) groups excluding carboxylic acids is 1. The topological polar surface area (TPSA) is 57.5 Å². The van der Waals surface area contributed by atoms with Crippen LogP contribution in [0.2, 0.25) is 0 Å². The van der Waals surface area contributed by atoms with Gasteiger partial charge in [-0.1, -0.05) is 20.3 Å². The predicted molar refractivity (Wildman–Crippen MR) is 86.3 cm³/mol. The monoisotopic (exact) mass is 308 g/mol. The van der Waals surface area contributed by atoms with Crippen molar-refractivity contribution >= 4 is 6.29 Å². The number of hydrogen-bond acceptors (Lipinski definition) is 3. The molecule has 0 bridgehead atoms. The first kappa shape index (κ1) is 16.4. The van der Waals surface area contributed by atoms with E-state index in [4.69, 9.17) is 0 Å². The molecule has 0 aromatic carbocycles. The summed E-state index contributed by atoms with van der Waals surface area (Å²) in [5, 5.41) is 20.7. The zero-order chi connectivity index (χ0) is 16.0. The quantitative estimate of drug-likeness (QED) is 0.770. The normalized spacial score (nSPS) is 52.3. The highest BCUT2D eigenvalue weighted by atomic mass is 16.3. The van der Waals surface area contributed by atoms with Crippen molar-refractivity contribution in [1.82, 2.24) is 0 Å². The van der Waals surface area contributed by atoms with Crippen LogP contribution in [-0.4, -0.2) is 29.2 Å². The molecule has 3 fully saturated rings. The lowest BCUT2D eigenvalue weighted by Gasteiger charge is -2.60. The Morgan fingerprint density at radius 2 is 1.91 bits per heavy atom. The first-order valence-electron chi connectivity index (χ1n) is 9.19. The summed E-state index contributed by atoms with van der Waals surface area (Å²) < 4.78 is 0. The molecule has 0 amide bonds. The van der Waals surface area contributed by atoms with Gasteiger partial charge in [0.1, 0.15) is 6.29 Å². The molecule has 22 heavy (non-hydrogen) atoms. The third-order valence-electron chi connectivity index (χ3n) is 7.69. The van der Waals surface area contributed by atoms with Gasteiger partial charge in [-0.2, -0.15) is 0 Å². The van der Waals surface area contributed by atoms with Gasteiger partial charge in [0.2, 0.25) is 0 Å². The van der Waals surface area contributed by atoms with E-state index in [0.717, 1.165) is 38.4 Å². The zero-order valence-corrected chi connectivity index (χ0v) is 14.1. The fourth-order valence-corrected chi connectivity index (χ4v) is 6.50. The molecule has 2 N–H and O–H groups in total. The Balaban J connectivity index is 1.91. The molecule has 3 heteroatoms. The van der Waals surface area contributed by atoms with Gasteiger partial charge in [-0.05, 0) is 73.5 Å². The van der Waals surface area contributed by atoms with Crippen molar-refractivity contribution in [3.63, 3.8) is 0 Å². The average molecular weight is 308 g/mol. The summed E-state index contributed by atoms with van der Waals surface area (Å²) >= 11 is 0. The molecule has 0 aromatic rings. The highest BCUT2D eigenvalue weighted by Gasteiger charge is 2.57. The minimum Gasteiger partial charge on any atom is -0.396 e. The highest BCUT2D eigenvalue weighted by molar-refractivity contribution is 5.53. The van der Waals surface area contributed by atoms with Crippen LogP contribution in [0.15, 0.2) is 0 Å². The van der Waals surface area contributed by atoms with E-state index in [-0.39, 0.29) is 29.5 Å². The first-order valence-corrected chi connectivity index (χ1v) is 9.19. The SMILES string of the molecule is CC1(CO)CCCC2(C)C3CCC(C=O)CC(O)C3CCC12. The molecule has 3 saturated carbocycles. The van der Waals surface area contributed by atoms with Gasteiger partial charge in [-0.25, -0.2) is 0 Å². The van der Waals surface area contributed by atoms with Crippen molar-refractivity contribution in [3.05, 3.63) is 0 Å². The Morgan fingerprint density at radius 1 is 1.14 bits per heavy atom. The molecule has 7 atom stereocenters. The number of fused-ring (bicyclic) bond motifs is 3. The standard InChI is InChI=1S/C19H32O3/c1-18(12-21)8-3-9-19(2)15-6-4-13(11-20)10-16(22)14(15)5-7-17(18)19/h11,13-17,21-22H,3-10,12H2,1-2H3. The van der Waals surface area contributed by atoms with Gasteiger partial charge >= 0.3 is 0 Å². The maximum absolute atomic E-state index is 11.2. The molecule has 3 aliphatic carbocycles. The first-order chi connectivity index (χ1) is 10.4. The molecule has 7 unspecified atom stereocenters. The second-order valence-electron chi connectivity index (χ2n) is 8.85. The van der Waals surface area contributed by atoms with Crippen molar-refractivity contribution in [2.45, 2.75) is 71.3 Å². The van der Waals surface area contributed by atoms with E-state index < -0.39 is 0 Å². The van der Waals surface area contributed by atoms with Crippen molar-refractivity contribution in [2.24, 2.45) is 34.5 Å². The Kier molecular flexibility index (Phi) is 4.41. The summed E-state index contributed by atoms with van der Waals surface area (Å²) in [6.45, 7) is 4.95. The Bertz CT molecular complexity index is 423. The molecule has 0 aromatic heterocycles. The number of aldehydes is 1. The van der Waals surface area contributed by atoms with E-state index in [9.17, 15) is 15.0 Å². The number of carbonyl (C=O) groups is 1. The third kappa shape index (κ3) is 2.45. The Labute approximate surface area is 134 Å². The zero-order valence-electron chi connectivity index (χ0n) is 14.1. The van der Waals surface area contributed by atoms with Crippen LogP contribution < -0.4 is 0 Å². The van der Waals surface area contributed by atoms with Crippen LogP contribution in [0.3, 0.4) is 0 Å². The summed E-state index contributed by atoms with van der Waals surface area (Å²) in [5.41, 5.74) is 0.261. The molecule has 3 rings (SSSR count). The molecule has 0 spiro atoms. The summed E-state index contributed by atoms with van der Waals surface area (Å²) in [7, 11) is 0. The van der Waals surface area contributed by atoms with Crippen LogP contribution in [0.4, 0.5) is 0 Å². The Morgan fingerprint density at radius 3 is 2.59 bits per heavy atom. The number of hydrogen-bond donors (Lipinski definition) is 2. The van der Waals surface area contributed by atoms with Crippen LogP contribution >= 0.6 is 0 Å². The fourth-order valence-electron chi connectivity index (χ4n) is 6.50. The van der Waals surface area contributed by atoms with Crippen LogP contribution in [-0.2, 0) is 4.79 Å². The second-order valence-corrected chi connectivity index (χ2v) is 8.85. The molecule has 0 saturated heterocycles. The lowest BCUT2D eigenvalue weighted by molar-refractivity contribution is -0.137. The maximum atomic E-state index is 11.2. The van der Waals surface area contributed by atoms with Crippen LogP contribution in [0.25, 0.3) is 0 Å². The van der Waals surface area contributed by atoms with Crippen molar-refractivity contribution < 1.29 is 15.0 Å². The largest absolute Gasteiger partial charge is 0.396 e. The number of rotatable bonds is 2.